The molecule has 1 aliphatic rings. The van der Waals surface area contributed by atoms with E-state index in [0.717, 1.165) is 24.3 Å². The Labute approximate surface area is 201 Å². The molecular formula is C26H35N3O5. The molecule has 0 radical (unpaired) electrons. The van der Waals surface area contributed by atoms with Crippen molar-refractivity contribution in [3.8, 4) is 17.2 Å². The van der Waals surface area contributed by atoms with Crippen molar-refractivity contribution < 1.29 is 23.8 Å². The summed E-state index contributed by atoms with van der Waals surface area (Å²) in [6.07, 6.45) is 2.01. The zero-order chi connectivity index (χ0) is 24.5. The van der Waals surface area contributed by atoms with Crippen molar-refractivity contribution in [1.29, 1.82) is 0 Å². The highest BCUT2D eigenvalue weighted by Crippen LogP contribution is 2.29. The predicted molar refractivity (Wildman–Crippen MR) is 132 cm³/mol. The molecule has 1 saturated heterocycles. The Morgan fingerprint density at radius 3 is 2.32 bits per heavy atom. The van der Waals surface area contributed by atoms with Crippen molar-refractivity contribution >= 4 is 17.5 Å². The smallest absolute Gasteiger partial charge is 0.241 e. The summed E-state index contributed by atoms with van der Waals surface area (Å²) in [4.78, 5) is 29.7. The third-order valence-electron chi connectivity index (χ3n) is 6.25. The first kappa shape index (κ1) is 25.4. The lowest BCUT2D eigenvalue weighted by Crippen LogP contribution is -2.44. The Morgan fingerprint density at radius 2 is 1.65 bits per heavy atom. The topological polar surface area (TPSA) is 80.3 Å². The lowest BCUT2D eigenvalue weighted by molar-refractivity contribution is -0.131. The van der Waals surface area contributed by atoms with Gasteiger partial charge in [0.15, 0.2) is 11.5 Å². The van der Waals surface area contributed by atoms with Crippen LogP contribution in [0.25, 0.3) is 0 Å². The molecule has 3 rings (SSSR count). The van der Waals surface area contributed by atoms with Crippen LogP contribution in [0.5, 0.6) is 17.2 Å². The monoisotopic (exact) mass is 469 g/mol. The number of anilines is 1. The van der Waals surface area contributed by atoms with E-state index in [1.165, 1.54) is 0 Å². The van der Waals surface area contributed by atoms with Gasteiger partial charge in [-0.1, -0.05) is 12.1 Å². The first-order chi connectivity index (χ1) is 16.4. The number of methoxy groups -OCH3 is 3. The summed E-state index contributed by atoms with van der Waals surface area (Å²) in [6.45, 7) is 4.66. The zero-order valence-corrected chi connectivity index (χ0v) is 20.5. The molecule has 1 unspecified atom stereocenters. The minimum absolute atomic E-state index is 0.0912. The van der Waals surface area contributed by atoms with E-state index in [0.29, 0.717) is 49.7 Å². The normalized spacial score (nSPS) is 15.2. The van der Waals surface area contributed by atoms with E-state index < -0.39 is 0 Å². The second kappa shape index (κ2) is 12.3. The molecule has 8 nitrogen and oxygen atoms in total. The molecule has 2 aromatic carbocycles. The molecule has 8 heteroatoms. The van der Waals surface area contributed by atoms with Gasteiger partial charge in [0.25, 0.3) is 0 Å². The van der Waals surface area contributed by atoms with Gasteiger partial charge in [0.1, 0.15) is 5.75 Å². The Morgan fingerprint density at radius 1 is 0.912 bits per heavy atom. The van der Waals surface area contributed by atoms with Crippen LogP contribution >= 0.6 is 0 Å². The Hall–Kier alpha value is -3.26. The fourth-order valence-electron chi connectivity index (χ4n) is 4.10. The number of rotatable bonds is 9. The van der Waals surface area contributed by atoms with Gasteiger partial charge in [-0.3, -0.25) is 14.5 Å². The second-order valence-corrected chi connectivity index (χ2v) is 8.35. The summed E-state index contributed by atoms with van der Waals surface area (Å²) < 4.78 is 15.7. The fourth-order valence-corrected chi connectivity index (χ4v) is 4.10. The average molecular weight is 470 g/mol. The molecule has 1 N–H and O–H groups in total. The van der Waals surface area contributed by atoms with Crippen LogP contribution in [-0.2, 0) is 16.0 Å². The molecular weight excluding hydrogens is 434 g/mol. The molecule has 0 spiro atoms. The van der Waals surface area contributed by atoms with Crippen molar-refractivity contribution in [2.75, 3.05) is 52.8 Å². The minimum Gasteiger partial charge on any atom is -0.497 e. The number of ether oxygens (including phenoxy) is 3. The maximum absolute atomic E-state index is 12.9. The molecule has 1 fully saturated rings. The number of carbonyl (C=O) groups is 2. The summed E-state index contributed by atoms with van der Waals surface area (Å²) in [5, 5.41) is 2.96. The predicted octanol–water partition coefficient (Wildman–Crippen LogP) is 3.21. The number of nitrogens with one attached hydrogen (secondary N) is 1. The highest BCUT2D eigenvalue weighted by atomic mass is 16.5. The summed E-state index contributed by atoms with van der Waals surface area (Å²) in [7, 11) is 4.78. The van der Waals surface area contributed by atoms with Crippen LogP contribution in [-0.4, -0.2) is 75.2 Å². The van der Waals surface area contributed by atoms with E-state index in [9.17, 15) is 9.59 Å². The number of carbonyl (C=O) groups excluding carboxylic acids is 2. The van der Waals surface area contributed by atoms with E-state index in [1.807, 2.05) is 36.1 Å². The highest BCUT2D eigenvalue weighted by molar-refractivity contribution is 5.94. The van der Waals surface area contributed by atoms with E-state index in [-0.39, 0.29) is 17.9 Å². The standard InChI is InChI=1S/C26H35N3O5/c1-19(26(31)27-21-9-12-23(33-3)24(18-21)34-4)28-14-5-15-29(17-16-28)25(30)13-8-20-6-10-22(32-2)11-7-20/h6-7,9-12,18-19H,5,8,13-17H2,1-4H3,(H,27,31). The Kier molecular flexibility index (Phi) is 9.16. The van der Waals surface area contributed by atoms with Crippen molar-refractivity contribution in [1.82, 2.24) is 9.80 Å². The van der Waals surface area contributed by atoms with Crippen molar-refractivity contribution in [3.05, 3.63) is 48.0 Å². The van der Waals surface area contributed by atoms with Crippen molar-refractivity contribution in [2.24, 2.45) is 0 Å². The molecule has 1 atom stereocenters. The molecule has 2 aromatic rings. The lowest BCUT2D eigenvalue weighted by atomic mass is 10.1. The van der Waals surface area contributed by atoms with E-state index in [1.54, 1.807) is 39.5 Å². The number of benzene rings is 2. The Balaban J connectivity index is 1.50. The molecule has 2 amide bonds. The molecule has 1 heterocycles. The van der Waals surface area contributed by atoms with Crippen LogP contribution < -0.4 is 19.5 Å². The van der Waals surface area contributed by atoms with Crippen LogP contribution in [0, 0.1) is 0 Å². The van der Waals surface area contributed by atoms with Gasteiger partial charge in [0.2, 0.25) is 11.8 Å². The molecule has 1 aliphatic heterocycles. The van der Waals surface area contributed by atoms with Crippen LogP contribution in [0.4, 0.5) is 5.69 Å². The SMILES string of the molecule is COc1ccc(CCC(=O)N2CCCN(C(C)C(=O)Nc3ccc(OC)c(OC)c3)CC2)cc1. The number of amides is 2. The Bertz CT molecular complexity index is 963. The van der Waals surface area contributed by atoms with Crippen LogP contribution in [0.2, 0.25) is 0 Å². The van der Waals surface area contributed by atoms with Gasteiger partial charge in [-0.25, -0.2) is 0 Å². The third-order valence-corrected chi connectivity index (χ3v) is 6.25. The molecule has 0 bridgehead atoms. The van der Waals surface area contributed by atoms with Gasteiger partial charge in [-0.05, 0) is 49.6 Å². The number of hydrogen-bond donors (Lipinski definition) is 1. The zero-order valence-electron chi connectivity index (χ0n) is 20.5. The van der Waals surface area contributed by atoms with Crippen LogP contribution in [0.3, 0.4) is 0 Å². The summed E-state index contributed by atoms with van der Waals surface area (Å²) in [5.41, 5.74) is 1.77. The van der Waals surface area contributed by atoms with Gasteiger partial charge < -0.3 is 24.4 Å². The maximum atomic E-state index is 12.9. The fraction of sp³-hybridized carbons (Fsp3) is 0.462. The van der Waals surface area contributed by atoms with Crippen molar-refractivity contribution in [2.45, 2.75) is 32.2 Å². The molecule has 34 heavy (non-hydrogen) atoms. The minimum atomic E-state index is -0.317. The molecule has 184 valence electrons. The highest BCUT2D eigenvalue weighted by Gasteiger charge is 2.26. The first-order valence-corrected chi connectivity index (χ1v) is 11.6. The van der Waals surface area contributed by atoms with E-state index >= 15 is 0 Å². The van der Waals surface area contributed by atoms with Crippen molar-refractivity contribution in [3.63, 3.8) is 0 Å². The lowest BCUT2D eigenvalue weighted by Gasteiger charge is -2.27. The van der Waals surface area contributed by atoms with Gasteiger partial charge in [-0.2, -0.15) is 0 Å². The molecule has 0 saturated carbocycles. The maximum Gasteiger partial charge on any atom is 0.241 e. The quantitative estimate of drug-likeness (QED) is 0.608. The molecule has 0 aromatic heterocycles. The van der Waals surface area contributed by atoms with Gasteiger partial charge in [-0.15, -0.1) is 0 Å². The molecule has 0 aliphatic carbocycles. The van der Waals surface area contributed by atoms with E-state index in [4.69, 9.17) is 14.2 Å². The van der Waals surface area contributed by atoms with Crippen LogP contribution in [0.1, 0.15) is 25.3 Å². The van der Waals surface area contributed by atoms with E-state index in [2.05, 4.69) is 10.2 Å². The van der Waals surface area contributed by atoms with Gasteiger partial charge >= 0.3 is 0 Å². The summed E-state index contributed by atoms with van der Waals surface area (Å²) in [6, 6.07) is 12.8. The number of nitrogens with zero attached hydrogens (tertiary/aromatic N) is 2. The van der Waals surface area contributed by atoms with Gasteiger partial charge in [0, 0.05) is 44.4 Å². The third kappa shape index (κ3) is 6.63. The second-order valence-electron chi connectivity index (χ2n) is 8.35. The van der Waals surface area contributed by atoms with Gasteiger partial charge in [0.05, 0.1) is 27.4 Å². The largest absolute Gasteiger partial charge is 0.497 e. The number of hydrogen-bond acceptors (Lipinski definition) is 6. The van der Waals surface area contributed by atoms with Crippen LogP contribution in [0.15, 0.2) is 42.5 Å². The average Bonchev–Trinajstić information content (AvgIpc) is 3.13. The summed E-state index contributed by atoms with van der Waals surface area (Å²) in [5.74, 6) is 2.04. The first-order valence-electron chi connectivity index (χ1n) is 11.6. The number of aryl methyl sites for hydroxylation is 1. The summed E-state index contributed by atoms with van der Waals surface area (Å²) >= 11 is 0.